The molecule has 1 aromatic rings. The number of hydrogen-bond acceptors (Lipinski definition) is 1. The molecule has 0 atom stereocenters. The number of aliphatic imine (C=N–C) groups is 1. The van der Waals surface area contributed by atoms with Gasteiger partial charge in [0, 0.05) is 11.8 Å². The lowest BCUT2D eigenvalue weighted by Crippen LogP contribution is -1.87. The lowest BCUT2D eigenvalue weighted by Gasteiger charge is -2.02. The van der Waals surface area contributed by atoms with Gasteiger partial charge in [-0.2, -0.15) is 0 Å². The Hall–Kier alpha value is -1.37. The Labute approximate surface area is 78.8 Å². The normalized spacial score (nSPS) is 15.5. The van der Waals surface area contributed by atoms with Crippen molar-refractivity contribution in [3.05, 3.63) is 41.0 Å². The van der Waals surface area contributed by atoms with Gasteiger partial charge in [0.2, 0.25) is 0 Å². The van der Waals surface area contributed by atoms with E-state index in [2.05, 4.69) is 43.1 Å². The summed E-state index contributed by atoms with van der Waals surface area (Å²) in [5.74, 6) is 0. The first-order chi connectivity index (χ1) is 6.27. The molecule has 0 spiro atoms. The molecular weight excluding hydrogens is 158 g/mol. The van der Waals surface area contributed by atoms with Gasteiger partial charge in [-0.15, -0.1) is 0 Å². The van der Waals surface area contributed by atoms with Crippen LogP contribution in [0.2, 0.25) is 0 Å². The van der Waals surface area contributed by atoms with Crippen LogP contribution in [0, 0.1) is 6.92 Å². The van der Waals surface area contributed by atoms with E-state index >= 15 is 0 Å². The maximum Gasteiger partial charge on any atom is 0.0606 e. The molecule has 2 rings (SSSR count). The molecule has 0 radical (unpaired) electrons. The smallest absolute Gasteiger partial charge is 0.0606 e. The van der Waals surface area contributed by atoms with Gasteiger partial charge in [0.25, 0.3) is 0 Å². The lowest BCUT2D eigenvalue weighted by molar-refractivity contribution is 1.18. The largest absolute Gasteiger partial charge is 0.288 e. The van der Waals surface area contributed by atoms with E-state index in [1.165, 1.54) is 22.3 Å². The zero-order valence-corrected chi connectivity index (χ0v) is 8.04. The van der Waals surface area contributed by atoms with Crippen molar-refractivity contribution in [2.45, 2.75) is 13.8 Å². The van der Waals surface area contributed by atoms with E-state index in [0.717, 1.165) is 6.54 Å². The van der Waals surface area contributed by atoms with Crippen LogP contribution >= 0.6 is 0 Å². The second kappa shape index (κ2) is 3.17. The maximum absolute atomic E-state index is 4.25. The maximum atomic E-state index is 4.25. The SMILES string of the molecule is CC1=C(c2cccc(C)c2)C=NC1. The summed E-state index contributed by atoms with van der Waals surface area (Å²) in [4.78, 5) is 4.25. The molecule has 0 N–H and O–H groups in total. The molecule has 0 aromatic heterocycles. The number of rotatable bonds is 1. The van der Waals surface area contributed by atoms with E-state index in [9.17, 15) is 0 Å². The first kappa shape index (κ1) is 8.24. The highest BCUT2D eigenvalue weighted by atomic mass is 14.7. The monoisotopic (exact) mass is 171 g/mol. The molecule has 0 fully saturated rings. The van der Waals surface area contributed by atoms with Gasteiger partial charge in [-0.1, -0.05) is 29.8 Å². The van der Waals surface area contributed by atoms with Crippen molar-refractivity contribution in [1.82, 2.24) is 0 Å². The molecule has 1 nitrogen and oxygen atoms in total. The number of nitrogens with zero attached hydrogens (tertiary/aromatic N) is 1. The van der Waals surface area contributed by atoms with Crippen LogP contribution in [0.1, 0.15) is 18.1 Å². The molecule has 1 aliphatic rings. The van der Waals surface area contributed by atoms with Crippen LogP contribution in [0.15, 0.2) is 34.8 Å². The molecule has 1 heteroatoms. The first-order valence-electron chi connectivity index (χ1n) is 4.54. The summed E-state index contributed by atoms with van der Waals surface area (Å²) >= 11 is 0. The van der Waals surface area contributed by atoms with Crippen molar-refractivity contribution >= 4 is 11.8 Å². The Morgan fingerprint density at radius 1 is 1.23 bits per heavy atom. The predicted molar refractivity (Wildman–Crippen MR) is 57.1 cm³/mol. The van der Waals surface area contributed by atoms with Gasteiger partial charge >= 0.3 is 0 Å². The zero-order chi connectivity index (χ0) is 9.26. The third-order valence-electron chi connectivity index (χ3n) is 2.34. The van der Waals surface area contributed by atoms with Crippen molar-refractivity contribution in [3.8, 4) is 0 Å². The van der Waals surface area contributed by atoms with Crippen LogP contribution in [-0.2, 0) is 0 Å². The molecular formula is C12H13N. The molecule has 0 saturated carbocycles. The molecule has 0 aliphatic carbocycles. The predicted octanol–water partition coefficient (Wildman–Crippen LogP) is 2.85. The van der Waals surface area contributed by atoms with E-state index in [1.807, 2.05) is 6.21 Å². The third kappa shape index (κ3) is 1.55. The first-order valence-corrected chi connectivity index (χ1v) is 4.54. The summed E-state index contributed by atoms with van der Waals surface area (Å²) in [6.45, 7) is 5.12. The molecule has 0 unspecified atom stereocenters. The lowest BCUT2D eigenvalue weighted by atomic mass is 10.0. The van der Waals surface area contributed by atoms with E-state index in [4.69, 9.17) is 0 Å². The van der Waals surface area contributed by atoms with Gasteiger partial charge in [-0.3, -0.25) is 4.99 Å². The van der Waals surface area contributed by atoms with Gasteiger partial charge in [0.15, 0.2) is 0 Å². The van der Waals surface area contributed by atoms with Gasteiger partial charge < -0.3 is 0 Å². The highest BCUT2D eigenvalue weighted by molar-refractivity contribution is 6.12. The Morgan fingerprint density at radius 3 is 2.69 bits per heavy atom. The topological polar surface area (TPSA) is 12.4 Å². The standard InChI is InChI=1S/C12H13N/c1-9-4-3-5-11(6-9)12-8-13-7-10(12)2/h3-6,8H,7H2,1-2H3. The summed E-state index contributed by atoms with van der Waals surface area (Å²) in [6.07, 6.45) is 1.98. The number of aryl methyl sites for hydroxylation is 1. The van der Waals surface area contributed by atoms with Crippen molar-refractivity contribution < 1.29 is 0 Å². The molecule has 0 saturated heterocycles. The Balaban J connectivity index is 2.46. The van der Waals surface area contributed by atoms with E-state index in [-0.39, 0.29) is 0 Å². The summed E-state index contributed by atoms with van der Waals surface area (Å²) in [5.41, 5.74) is 5.26. The van der Waals surface area contributed by atoms with Gasteiger partial charge in [0.1, 0.15) is 0 Å². The second-order valence-corrected chi connectivity index (χ2v) is 3.53. The van der Waals surface area contributed by atoms with Crippen LogP contribution < -0.4 is 0 Å². The average molecular weight is 171 g/mol. The van der Waals surface area contributed by atoms with E-state index in [0.29, 0.717) is 0 Å². The van der Waals surface area contributed by atoms with Crippen molar-refractivity contribution in [1.29, 1.82) is 0 Å². The molecule has 1 aromatic carbocycles. The molecule has 66 valence electrons. The minimum atomic E-state index is 0.864. The van der Waals surface area contributed by atoms with Gasteiger partial charge in [0.05, 0.1) is 6.54 Å². The molecule has 1 heterocycles. The Bertz CT molecular complexity index is 386. The Kier molecular flexibility index (Phi) is 2.01. The number of hydrogen-bond donors (Lipinski definition) is 0. The summed E-state index contributed by atoms with van der Waals surface area (Å²) in [7, 11) is 0. The summed E-state index contributed by atoms with van der Waals surface area (Å²) in [5, 5.41) is 0. The van der Waals surface area contributed by atoms with E-state index in [1.54, 1.807) is 0 Å². The fraction of sp³-hybridized carbons (Fsp3) is 0.250. The van der Waals surface area contributed by atoms with Gasteiger partial charge in [-0.05, 0) is 25.0 Å². The minimum Gasteiger partial charge on any atom is -0.288 e. The Morgan fingerprint density at radius 2 is 2.08 bits per heavy atom. The fourth-order valence-corrected chi connectivity index (χ4v) is 1.60. The zero-order valence-electron chi connectivity index (χ0n) is 8.04. The average Bonchev–Trinajstić information content (AvgIpc) is 2.51. The number of benzene rings is 1. The van der Waals surface area contributed by atoms with Crippen molar-refractivity contribution in [2.75, 3.05) is 6.54 Å². The van der Waals surface area contributed by atoms with Crippen LogP contribution in [-0.4, -0.2) is 12.8 Å². The highest BCUT2D eigenvalue weighted by Gasteiger charge is 2.07. The van der Waals surface area contributed by atoms with Crippen molar-refractivity contribution in [3.63, 3.8) is 0 Å². The van der Waals surface area contributed by atoms with Crippen LogP contribution in [0.4, 0.5) is 0 Å². The highest BCUT2D eigenvalue weighted by Crippen LogP contribution is 2.21. The van der Waals surface area contributed by atoms with Crippen molar-refractivity contribution in [2.24, 2.45) is 4.99 Å². The number of allylic oxidation sites excluding steroid dienone is 1. The quantitative estimate of drug-likeness (QED) is 0.616. The van der Waals surface area contributed by atoms with Gasteiger partial charge in [-0.25, -0.2) is 0 Å². The van der Waals surface area contributed by atoms with E-state index < -0.39 is 0 Å². The molecule has 1 aliphatic heterocycles. The second-order valence-electron chi connectivity index (χ2n) is 3.53. The fourth-order valence-electron chi connectivity index (χ4n) is 1.60. The van der Waals surface area contributed by atoms with Crippen LogP contribution in [0.3, 0.4) is 0 Å². The third-order valence-corrected chi connectivity index (χ3v) is 2.34. The van der Waals surface area contributed by atoms with Crippen LogP contribution in [0.5, 0.6) is 0 Å². The summed E-state index contributed by atoms with van der Waals surface area (Å²) in [6, 6.07) is 8.56. The molecule has 13 heavy (non-hydrogen) atoms. The summed E-state index contributed by atoms with van der Waals surface area (Å²) < 4.78 is 0. The minimum absolute atomic E-state index is 0.864. The molecule has 0 amide bonds. The van der Waals surface area contributed by atoms with Crippen LogP contribution in [0.25, 0.3) is 5.57 Å². The molecule has 0 bridgehead atoms.